The van der Waals surface area contributed by atoms with E-state index in [0.717, 1.165) is 6.08 Å². The molecule has 1 aliphatic heterocycles. The van der Waals surface area contributed by atoms with Crippen LogP contribution in [-0.2, 0) is 28.6 Å². The number of carbonyl (C=O) groups is 4. The molecule has 214 valence electrons. The molecular weight excluding hydrogens is 508 g/mol. The van der Waals surface area contributed by atoms with Crippen LogP contribution >= 0.6 is 0 Å². The van der Waals surface area contributed by atoms with Gasteiger partial charge in [0, 0.05) is 37.4 Å². The minimum Gasteiger partial charge on any atom is -0.504 e. The topological polar surface area (TPSA) is 174 Å². The van der Waals surface area contributed by atoms with E-state index in [0.29, 0.717) is 5.57 Å². The van der Waals surface area contributed by atoms with Gasteiger partial charge < -0.3 is 35.5 Å². The van der Waals surface area contributed by atoms with Gasteiger partial charge in [-0.3, -0.25) is 14.4 Å². The Morgan fingerprint density at radius 2 is 1.79 bits per heavy atom. The summed E-state index contributed by atoms with van der Waals surface area (Å²) >= 11 is 0. The molecule has 2 aliphatic rings. The van der Waals surface area contributed by atoms with Crippen molar-refractivity contribution in [2.24, 2.45) is 17.6 Å². The number of Topliss-reactive ketones (excluding diaryl/α,β-unsaturated/α-hetero) is 1. The summed E-state index contributed by atoms with van der Waals surface area (Å²) in [4.78, 5) is 49.9. The van der Waals surface area contributed by atoms with Gasteiger partial charge in [0.15, 0.2) is 11.9 Å². The van der Waals surface area contributed by atoms with Crippen molar-refractivity contribution in [1.29, 1.82) is 0 Å². The zero-order valence-corrected chi connectivity index (χ0v) is 23.1. The maximum atomic E-state index is 13.1. The first kappa shape index (κ1) is 31.7. The highest BCUT2D eigenvalue weighted by Gasteiger charge is 2.33. The molecule has 39 heavy (non-hydrogen) atoms. The third-order valence-electron chi connectivity index (χ3n) is 6.76. The number of hydrogen-bond acceptors (Lipinski definition) is 9. The zero-order valence-electron chi connectivity index (χ0n) is 23.1. The summed E-state index contributed by atoms with van der Waals surface area (Å²) < 4.78 is 16.4. The van der Waals surface area contributed by atoms with Crippen LogP contribution in [0.3, 0.4) is 0 Å². The third kappa shape index (κ3) is 8.22. The monoisotopic (exact) mass is 546 g/mol. The summed E-state index contributed by atoms with van der Waals surface area (Å²) in [5.74, 6) is -3.53. The van der Waals surface area contributed by atoms with Crippen LogP contribution < -0.4 is 11.1 Å². The normalized spacial score (nSPS) is 33.3. The Morgan fingerprint density at radius 3 is 2.38 bits per heavy atom. The van der Waals surface area contributed by atoms with Gasteiger partial charge in [0.05, 0.1) is 17.9 Å². The average molecular weight is 547 g/mol. The second kappa shape index (κ2) is 14.0. The van der Waals surface area contributed by atoms with E-state index in [1.165, 1.54) is 33.3 Å². The summed E-state index contributed by atoms with van der Waals surface area (Å²) in [5, 5.41) is 23.9. The molecule has 0 aromatic rings. The van der Waals surface area contributed by atoms with Gasteiger partial charge in [0.25, 0.3) is 5.91 Å². The lowest BCUT2D eigenvalue weighted by Gasteiger charge is -2.29. The number of nitrogens with one attached hydrogen (secondary N) is 1. The second-order valence-corrected chi connectivity index (χ2v) is 9.90. The summed E-state index contributed by atoms with van der Waals surface area (Å²) in [6.07, 6.45) is 3.05. The number of methoxy groups -OCH3 is 2. The van der Waals surface area contributed by atoms with Crippen molar-refractivity contribution < 1.29 is 43.6 Å². The molecule has 0 spiro atoms. The number of nitrogens with two attached hydrogens (primary N) is 1. The van der Waals surface area contributed by atoms with Crippen LogP contribution in [0.1, 0.15) is 40.5 Å². The lowest BCUT2D eigenvalue weighted by molar-refractivity contribution is -0.120. The molecule has 6 atom stereocenters. The predicted octanol–water partition coefficient (Wildman–Crippen LogP) is 2.32. The van der Waals surface area contributed by atoms with Crippen LogP contribution in [0.4, 0.5) is 4.79 Å². The Kier molecular flexibility index (Phi) is 11.4. The Balaban J connectivity index is 2.58. The maximum absolute atomic E-state index is 13.1. The predicted molar refractivity (Wildman–Crippen MR) is 142 cm³/mol. The van der Waals surface area contributed by atoms with Crippen molar-refractivity contribution in [3.8, 4) is 0 Å². The van der Waals surface area contributed by atoms with Gasteiger partial charge in [-0.25, -0.2) is 4.79 Å². The van der Waals surface area contributed by atoms with E-state index in [9.17, 15) is 29.4 Å². The minimum absolute atomic E-state index is 0.0149. The van der Waals surface area contributed by atoms with Crippen molar-refractivity contribution in [3.05, 3.63) is 58.6 Å². The largest absolute Gasteiger partial charge is 0.504 e. The molecule has 0 aromatic heterocycles. The number of amides is 2. The van der Waals surface area contributed by atoms with Crippen LogP contribution in [0.2, 0.25) is 0 Å². The molecule has 2 bridgehead atoms. The van der Waals surface area contributed by atoms with Gasteiger partial charge in [-0.2, -0.15) is 0 Å². The van der Waals surface area contributed by atoms with Gasteiger partial charge in [-0.1, -0.05) is 38.2 Å². The fourth-order valence-corrected chi connectivity index (χ4v) is 4.57. The number of hydrogen-bond donors (Lipinski definition) is 4. The lowest BCUT2D eigenvalue weighted by Crippen LogP contribution is -2.37. The van der Waals surface area contributed by atoms with E-state index in [1.54, 1.807) is 32.9 Å². The van der Waals surface area contributed by atoms with Gasteiger partial charge >= 0.3 is 6.09 Å². The third-order valence-corrected chi connectivity index (χ3v) is 6.76. The SMILES string of the molecule is CO[C@H]1/C=C\C=C(/C)C(=O)NC2=CC(=O)C(O)=C(C[C@@H](C)C[C@H](OC)[C@H](O)[C@@H](C)/C=C(\C)[C@@H]1OC(N)=O)C2=O. The van der Waals surface area contributed by atoms with Crippen LogP contribution in [-0.4, -0.2) is 72.4 Å². The summed E-state index contributed by atoms with van der Waals surface area (Å²) in [7, 11) is 2.86. The molecule has 1 aliphatic carbocycles. The van der Waals surface area contributed by atoms with E-state index in [-0.39, 0.29) is 35.6 Å². The first-order chi connectivity index (χ1) is 18.3. The number of aliphatic hydroxyl groups excluding tert-OH is 2. The number of rotatable bonds is 3. The van der Waals surface area contributed by atoms with E-state index in [2.05, 4.69) is 5.32 Å². The van der Waals surface area contributed by atoms with Crippen molar-refractivity contribution >= 4 is 23.6 Å². The molecule has 0 unspecified atom stereocenters. The van der Waals surface area contributed by atoms with Crippen LogP contribution in [0.15, 0.2) is 58.6 Å². The zero-order chi connectivity index (χ0) is 29.4. The number of ether oxygens (including phenoxy) is 3. The second-order valence-electron chi connectivity index (χ2n) is 9.90. The highest BCUT2D eigenvalue weighted by atomic mass is 16.6. The maximum Gasteiger partial charge on any atom is 0.405 e. The van der Waals surface area contributed by atoms with Crippen LogP contribution in [0.25, 0.3) is 0 Å². The van der Waals surface area contributed by atoms with Crippen molar-refractivity contribution in [3.63, 3.8) is 0 Å². The molecule has 0 aromatic carbocycles. The molecule has 0 fully saturated rings. The first-order valence-corrected chi connectivity index (χ1v) is 12.6. The van der Waals surface area contributed by atoms with Gasteiger partial charge in [-0.15, -0.1) is 0 Å². The summed E-state index contributed by atoms with van der Waals surface area (Å²) in [6, 6.07) is 0. The smallest absolute Gasteiger partial charge is 0.405 e. The van der Waals surface area contributed by atoms with Crippen LogP contribution in [0.5, 0.6) is 0 Å². The number of fused-ring (bicyclic) bond motifs is 2. The quantitative estimate of drug-likeness (QED) is 0.306. The molecule has 11 heteroatoms. The van der Waals surface area contributed by atoms with E-state index < -0.39 is 59.7 Å². The summed E-state index contributed by atoms with van der Waals surface area (Å²) in [5.41, 5.74) is 5.70. The van der Waals surface area contributed by atoms with Gasteiger partial charge in [0.2, 0.25) is 11.6 Å². The number of ketones is 2. The van der Waals surface area contributed by atoms with E-state index >= 15 is 0 Å². The molecule has 0 saturated heterocycles. The molecule has 2 amide bonds. The lowest BCUT2D eigenvalue weighted by atomic mass is 9.85. The molecule has 5 N–H and O–H groups in total. The minimum atomic E-state index is -1.01. The number of primary amides is 1. The molecule has 0 saturated carbocycles. The molecular formula is C28H38N2O9. The molecule has 1 heterocycles. The number of allylic oxidation sites excluding steroid dienone is 4. The fourth-order valence-electron chi connectivity index (χ4n) is 4.57. The Labute approximate surface area is 228 Å². The van der Waals surface area contributed by atoms with Gasteiger partial charge in [0.1, 0.15) is 6.10 Å². The Bertz CT molecular complexity index is 1130. The van der Waals surface area contributed by atoms with E-state index in [1.807, 2.05) is 0 Å². The fraction of sp³-hybridized carbons (Fsp3) is 0.500. The highest BCUT2D eigenvalue weighted by Crippen LogP contribution is 2.28. The summed E-state index contributed by atoms with van der Waals surface area (Å²) in [6.45, 7) is 6.78. The molecule has 2 rings (SSSR count). The Hall–Kier alpha value is -3.54. The Morgan fingerprint density at radius 1 is 1.13 bits per heavy atom. The van der Waals surface area contributed by atoms with Crippen LogP contribution in [0, 0.1) is 11.8 Å². The van der Waals surface area contributed by atoms with Crippen molar-refractivity contribution in [2.75, 3.05) is 14.2 Å². The molecule has 11 nitrogen and oxygen atoms in total. The van der Waals surface area contributed by atoms with Crippen molar-refractivity contribution in [2.45, 2.75) is 65.0 Å². The average Bonchev–Trinajstić information content (AvgIpc) is 2.88. The number of aliphatic hydroxyl groups is 2. The van der Waals surface area contributed by atoms with Gasteiger partial charge in [-0.05, 0) is 38.2 Å². The number of carbonyl (C=O) groups excluding carboxylic acids is 4. The molecule has 0 radical (unpaired) electrons. The highest BCUT2D eigenvalue weighted by molar-refractivity contribution is 6.22. The van der Waals surface area contributed by atoms with E-state index in [4.69, 9.17) is 19.9 Å². The van der Waals surface area contributed by atoms with Crippen molar-refractivity contribution in [1.82, 2.24) is 5.32 Å². The first-order valence-electron chi connectivity index (χ1n) is 12.6. The standard InChI is InChI=1S/C28H38N2O9/c1-14-10-18-24(33)19(13-20(31)25(18)34)30-27(35)15(2)8-7-9-21(37-5)26(39-28(29)36)17(4)12-16(3)23(32)22(11-14)38-6/h7-9,12-14,16,21-23,26,32,34H,10-11H2,1-6H3,(H2,29,36)(H,30,35)/b9-7-,15-8+,17-12+/t14-,16+,21+,22+,23-,26+/m1/s1.